The minimum atomic E-state index is -0.920. The third kappa shape index (κ3) is 8.11. The van der Waals surface area contributed by atoms with E-state index in [2.05, 4.69) is 20.9 Å². The number of anilines is 1. The minimum Gasteiger partial charge on any atom is -0.497 e. The van der Waals surface area contributed by atoms with Gasteiger partial charge in [-0.25, -0.2) is 14.6 Å². The highest BCUT2D eigenvalue weighted by Gasteiger charge is 2.46. The summed E-state index contributed by atoms with van der Waals surface area (Å²) in [6.45, 7) is 11.2. The van der Waals surface area contributed by atoms with Crippen molar-refractivity contribution in [2.75, 3.05) is 26.1 Å². The maximum Gasteiger partial charge on any atom is 0.328 e. The molecule has 2 heterocycles. The maximum absolute atomic E-state index is 14.0. The van der Waals surface area contributed by atoms with Crippen LogP contribution in [-0.4, -0.2) is 78.5 Å². The number of esters is 1. The zero-order valence-electron chi connectivity index (χ0n) is 25.5. The number of carbonyl (C=O) groups is 3. The Morgan fingerprint density at radius 1 is 1.12 bits per heavy atom. The molecule has 3 rings (SSSR count). The number of rotatable bonds is 9. The van der Waals surface area contributed by atoms with Crippen molar-refractivity contribution >= 4 is 40.8 Å². The van der Waals surface area contributed by atoms with Gasteiger partial charge in [-0.3, -0.25) is 4.79 Å². The average molecular weight is 583 g/mol. The fraction of sp³-hybridized carbons (Fsp3) is 0.500. The lowest BCUT2D eigenvalue weighted by atomic mass is 9.85. The highest BCUT2D eigenvalue weighted by Crippen LogP contribution is 2.34. The number of carbonyl (C=O) groups excluding carboxylic acids is 3. The molecule has 4 N–H and O–H groups in total. The topological polar surface area (TPSA) is 155 Å². The highest BCUT2D eigenvalue weighted by molar-refractivity contribution is 5.92. The van der Waals surface area contributed by atoms with E-state index < -0.39 is 47.0 Å². The molecule has 0 saturated carbocycles. The quantitative estimate of drug-likeness (QED) is 0.257. The van der Waals surface area contributed by atoms with Crippen LogP contribution in [0.1, 0.15) is 48.0 Å². The van der Waals surface area contributed by atoms with Crippen LogP contribution in [-0.2, 0) is 14.3 Å². The number of urea groups is 1. The predicted octanol–water partition coefficient (Wildman–Crippen LogP) is 3.85. The van der Waals surface area contributed by atoms with Crippen molar-refractivity contribution in [3.8, 4) is 11.5 Å². The highest BCUT2D eigenvalue weighted by atomic mass is 16.5. The summed E-state index contributed by atoms with van der Waals surface area (Å²) in [5, 5.41) is 16.6. The Kier molecular flexibility index (Phi) is 10.0. The molecule has 228 valence electrons. The number of ether oxygens (including phenoxy) is 3. The number of fused-ring (bicyclic) bond motifs is 1. The van der Waals surface area contributed by atoms with Crippen molar-refractivity contribution < 1.29 is 28.6 Å². The fourth-order valence-corrected chi connectivity index (χ4v) is 4.64. The molecule has 3 atom stereocenters. The van der Waals surface area contributed by atoms with Crippen molar-refractivity contribution in [1.82, 2.24) is 20.5 Å². The monoisotopic (exact) mass is 582 g/mol. The third-order valence-corrected chi connectivity index (χ3v) is 6.59. The summed E-state index contributed by atoms with van der Waals surface area (Å²) < 4.78 is 16.8. The smallest absolute Gasteiger partial charge is 0.328 e. The lowest BCUT2D eigenvalue weighted by molar-refractivity contribution is -0.152. The normalized spacial score (nSPS) is 18.0. The van der Waals surface area contributed by atoms with Gasteiger partial charge in [0.15, 0.2) is 0 Å². The van der Waals surface area contributed by atoms with Gasteiger partial charge in [0.1, 0.15) is 35.5 Å². The number of benzene rings is 1. The van der Waals surface area contributed by atoms with Crippen LogP contribution in [0.4, 0.5) is 10.6 Å². The van der Waals surface area contributed by atoms with Crippen molar-refractivity contribution in [2.45, 2.75) is 71.7 Å². The van der Waals surface area contributed by atoms with E-state index in [1.165, 1.54) is 18.1 Å². The lowest BCUT2D eigenvalue weighted by Gasteiger charge is -2.35. The largest absolute Gasteiger partial charge is 0.497 e. The summed E-state index contributed by atoms with van der Waals surface area (Å²) in [7, 11) is 2.84. The first-order chi connectivity index (χ1) is 19.7. The molecule has 12 heteroatoms. The Balaban J connectivity index is 1.94. The molecule has 0 spiro atoms. The lowest BCUT2D eigenvalue weighted by Crippen LogP contribution is -2.60. The van der Waals surface area contributed by atoms with E-state index in [4.69, 9.17) is 19.6 Å². The van der Waals surface area contributed by atoms with Gasteiger partial charge in [0, 0.05) is 41.9 Å². The number of methoxy groups -OCH3 is 2. The first-order valence-electron chi connectivity index (χ1n) is 13.7. The van der Waals surface area contributed by atoms with Crippen molar-refractivity contribution in [1.29, 1.82) is 5.41 Å². The SMILES string of the molecule is COC(=O)[C@@H]1C[C@@H](Oc2cc(N/C=C\C=N)nc3cc(OC)ccc23)CN1C(=O)[C@@H](NC(=O)NC(C)(C)C)C(C)(C)C. The van der Waals surface area contributed by atoms with Crippen LogP contribution in [0.15, 0.2) is 36.5 Å². The van der Waals surface area contributed by atoms with Crippen LogP contribution < -0.4 is 25.4 Å². The molecule has 3 amide bonds. The zero-order chi connectivity index (χ0) is 31.2. The van der Waals surface area contributed by atoms with Crippen LogP contribution in [0.25, 0.3) is 10.9 Å². The number of allylic oxidation sites excluding steroid dienone is 1. The van der Waals surface area contributed by atoms with E-state index in [0.717, 1.165) is 6.21 Å². The Hall–Kier alpha value is -4.35. The molecule has 0 aliphatic carbocycles. The zero-order valence-corrected chi connectivity index (χ0v) is 25.5. The van der Waals surface area contributed by atoms with E-state index in [-0.39, 0.29) is 13.0 Å². The van der Waals surface area contributed by atoms with Gasteiger partial charge >= 0.3 is 12.0 Å². The first-order valence-corrected chi connectivity index (χ1v) is 13.7. The van der Waals surface area contributed by atoms with Gasteiger partial charge in [0.05, 0.1) is 26.3 Å². The Morgan fingerprint density at radius 2 is 1.83 bits per heavy atom. The molecule has 0 bridgehead atoms. The molecule has 42 heavy (non-hydrogen) atoms. The standard InChI is InChI=1S/C30H42N6O6/c1-29(2,3)25(34-28(39)35-30(4,5)6)26(37)36-17-19(15-22(36)27(38)41-8)42-23-16-24(32-13-9-12-31)33-21-14-18(40-7)10-11-20(21)23/h9-14,16,19,22,25,31H,15,17H2,1-8H3,(H,32,33)(H2,34,35,39)/b13-9-,31-12?/t19-,22+,25-/m1/s1. The molecule has 0 radical (unpaired) electrons. The Labute approximate surface area is 246 Å². The van der Waals surface area contributed by atoms with E-state index in [1.807, 2.05) is 47.6 Å². The number of amides is 3. The fourth-order valence-electron chi connectivity index (χ4n) is 4.64. The molecule has 1 fully saturated rings. The number of likely N-dealkylation sites (tertiary alicyclic amines) is 1. The average Bonchev–Trinajstić information content (AvgIpc) is 3.33. The third-order valence-electron chi connectivity index (χ3n) is 6.59. The number of hydrogen-bond acceptors (Lipinski definition) is 9. The number of pyridine rings is 1. The number of nitrogens with one attached hydrogen (secondary N) is 4. The summed E-state index contributed by atoms with van der Waals surface area (Å²) >= 11 is 0. The van der Waals surface area contributed by atoms with E-state index in [9.17, 15) is 14.4 Å². The molecule has 1 aromatic heterocycles. The summed E-state index contributed by atoms with van der Waals surface area (Å²) in [6, 6.07) is 4.82. The van der Waals surface area contributed by atoms with Crippen LogP contribution >= 0.6 is 0 Å². The van der Waals surface area contributed by atoms with Crippen molar-refractivity contribution in [3.05, 3.63) is 36.5 Å². The van der Waals surface area contributed by atoms with Crippen LogP contribution in [0.5, 0.6) is 11.5 Å². The number of hydrogen-bond donors (Lipinski definition) is 4. The van der Waals surface area contributed by atoms with Crippen LogP contribution in [0.2, 0.25) is 0 Å². The molecular weight excluding hydrogens is 540 g/mol. The number of nitrogens with zero attached hydrogens (tertiary/aromatic N) is 2. The van der Waals surface area contributed by atoms with Crippen molar-refractivity contribution in [2.24, 2.45) is 5.41 Å². The summed E-state index contributed by atoms with van der Waals surface area (Å²) in [6.07, 6.45) is 3.86. The summed E-state index contributed by atoms with van der Waals surface area (Å²) in [5.74, 6) is 0.613. The van der Waals surface area contributed by atoms with E-state index in [1.54, 1.807) is 31.5 Å². The van der Waals surface area contributed by atoms with Gasteiger partial charge in [-0.05, 0) is 44.4 Å². The minimum absolute atomic E-state index is 0.101. The van der Waals surface area contributed by atoms with E-state index >= 15 is 0 Å². The van der Waals surface area contributed by atoms with Crippen molar-refractivity contribution in [3.63, 3.8) is 0 Å². The van der Waals surface area contributed by atoms with Gasteiger partial charge in [0.2, 0.25) is 5.91 Å². The first kappa shape index (κ1) is 32.2. The van der Waals surface area contributed by atoms with Crippen LogP contribution in [0.3, 0.4) is 0 Å². The van der Waals surface area contributed by atoms with E-state index in [0.29, 0.717) is 28.2 Å². The molecule has 1 aliphatic heterocycles. The van der Waals surface area contributed by atoms with Crippen LogP contribution in [0, 0.1) is 10.8 Å². The van der Waals surface area contributed by atoms with Gasteiger partial charge in [-0.15, -0.1) is 0 Å². The molecule has 0 unspecified atom stereocenters. The number of aromatic nitrogens is 1. The molecule has 1 aliphatic rings. The molecular formula is C30H42N6O6. The van der Waals surface area contributed by atoms with Gasteiger partial charge in [-0.1, -0.05) is 20.8 Å². The van der Waals surface area contributed by atoms with Gasteiger partial charge in [-0.2, -0.15) is 0 Å². The summed E-state index contributed by atoms with van der Waals surface area (Å²) in [5.41, 5.74) is -0.552. The predicted molar refractivity (Wildman–Crippen MR) is 161 cm³/mol. The Morgan fingerprint density at radius 3 is 2.43 bits per heavy atom. The molecule has 1 saturated heterocycles. The molecule has 12 nitrogen and oxygen atoms in total. The second-order valence-corrected chi connectivity index (χ2v) is 12.2. The molecule has 1 aromatic carbocycles. The second kappa shape index (κ2) is 13.1. The molecule has 2 aromatic rings. The van der Waals surface area contributed by atoms with Gasteiger partial charge < -0.3 is 40.5 Å². The second-order valence-electron chi connectivity index (χ2n) is 12.2. The Bertz CT molecular complexity index is 1350. The van der Waals surface area contributed by atoms with Gasteiger partial charge in [0.25, 0.3) is 0 Å². The summed E-state index contributed by atoms with van der Waals surface area (Å²) in [4.78, 5) is 45.6. The maximum atomic E-state index is 14.0.